The molecular formula is C22H21ClFNO5S. The first-order chi connectivity index (χ1) is 14.9. The van der Waals surface area contributed by atoms with Crippen LogP contribution in [0, 0.1) is 5.95 Å². The molecule has 1 aliphatic heterocycles. The highest BCUT2D eigenvalue weighted by molar-refractivity contribution is 7.15. The number of aliphatic hydroxyl groups excluding tert-OH is 4. The first-order valence-electron chi connectivity index (χ1n) is 9.67. The molecule has 4 rings (SSSR count). The maximum atomic E-state index is 13.1. The summed E-state index contributed by atoms with van der Waals surface area (Å²) in [6.45, 7) is -0.488. The average Bonchev–Trinajstić information content (AvgIpc) is 3.23. The first kappa shape index (κ1) is 22.3. The fourth-order valence-electron chi connectivity index (χ4n) is 3.62. The molecule has 0 spiro atoms. The van der Waals surface area contributed by atoms with E-state index in [4.69, 9.17) is 16.3 Å². The van der Waals surface area contributed by atoms with Gasteiger partial charge in [-0.1, -0.05) is 23.7 Å². The van der Waals surface area contributed by atoms with Gasteiger partial charge in [0.15, 0.2) is 0 Å². The number of halogens is 2. The van der Waals surface area contributed by atoms with Gasteiger partial charge in [0, 0.05) is 33.0 Å². The van der Waals surface area contributed by atoms with Crippen LogP contribution >= 0.6 is 22.9 Å². The molecule has 2 aromatic heterocycles. The molecule has 1 aromatic carbocycles. The number of pyridine rings is 1. The molecule has 0 aliphatic carbocycles. The summed E-state index contributed by atoms with van der Waals surface area (Å²) in [5, 5.41) is 40.4. The summed E-state index contributed by atoms with van der Waals surface area (Å²) in [6, 6.07) is 12.0. The van der Waals surface area contributed by atoms with E-state index < -0.39 is 43.1 Å². The molecule has 1 saturated heterocycles. The van der Waals surface area contributed by atoms with E-state index in [0.29, 0.717) is 17.0 Å². The molecule has 6 nitrogen and oxygen atoms in total. The second kappa shape index (κ2) is 9.30. The lowest BCUT2D eigenvalue weighted by molar-refractivity contribution is -0.231. The zero-order valence-electron chi connectivity index (χ0n) is 16.2. The first-order valence-corrected chi connectivity index (χ1v) is 10.9. The van der Waals surface area contributed by atoms with Crippen LogP contribution in [0.5, 0.6) is 0 Å². The molecule has 0 bridgehead atoms. The zero-order chi connectivity index (χ0) is 22.1. The molecule has 1 fully saturated rings. The monoisotopic (exact) mass is 465 g/mol. The van der Waals surface area contributed by atoms with Crippen molar-refractivity contribution in [1.29, 1.82) is 0 Å². The Hall–Kier alpha value is -1.91. The van der Waals surface area contributed by atoms with Crippen molar-refractivity contribution < 1.29 is 29.6 Å². The lowest BCUT2D eigenvalue weighted by atomic mass is 9.90. The second-order valence-electron chi connectivity index (χ2n) is 7.41. The maximum absolute atomic E-state index is 13.1. The third-order valence-corrected chi connectivity index (χ3v) is 6.83. The Morgan fingerprint density at radius 3 is 2.55 bits per heavy atom. The number of benzene rings is 1. The van der Waals surface area contributed by atoms with Crippen LogP contribution in [-0.2, 0) is 11.2 Å². The molecule has 0 radical (unpaired) electrons. The third-order valence-electron chi connectivity index (χ3n) is 5.33. The minimum absolute atomic E-state index is 0.488. The van der Waals surface area contributed by atoms with E-state index in [1.54, 1.807) is 24.3 Å². The fourth-order valence-corrected chi connectivity index (χ4v) is 4.83. The quantitative estimate of drug-likeness (QED) is 0.432. The van der Waals surface area contributed by atoms with Gasteiger partial charge in [-0.25, -0.2) is 4.98 Å². The topological polar surface area (TPSA) is 103 Å². The summed E-state index contributed by atoms with van der Waals surface area (Å²) in [5.74, 6) is -0.530. The predicted molar refractivity (Wildman–Crippen MR) is 114 cm³/mol. The molecule has 5 atom stereocenters. The maximum Gasteiger partial charge on any atom is 0.212 e. The van der Waals surface area contributed by atoms with Crippen molar-refractivity contribution >= 4 is 22.9 Å². The van der Waals surface area contributed by atoms with Gasteiger partial charge in [0.25, 0.3) is 0 Å². The van der Waals surface area contributed by atoms with Crippen molar-refractivity contribution in [2.45, 2.75) is 36.9 Å². The molecule has 0 saturated carbocycles. The van der Waals surface area contributed by atoms with Crippen molar-refractivity contribution in [1.82, 2.24) is 4.98 Å². The highest BCUT2D eigenvalue weighted by Gasteiger charge is 2.44. The number of hydrogen-bond acceptors (Lipinski definition) is 7. The highest BCUT2D eigenvalue weighted by Crippen LogP contribution is 2.35. The van der Waals surface area contributed by atoms with E-state index in [0.717, 1.165) is 20.9 Å². The van der Waals surface area contributed by atoms with Gasteiger partial charge in [-0.05, 0) is 41.5 Å². The number of nitrogens with zero attached hydrogens (tertiary/aromatic N) is 1. The van der Waals surface area contributed by atoms with Crippen LogP contribution in [0.2, 0.25) is 5.02 Å². The number of ether oxygens (including phenoxy) is 1. The molecule has 164 valence electrons. The highest BCUT2D eigenvalue weighted by atomic mass is 35.5. The largest absolute Gasteiger partial charge is 0.394 e. The Bertz CT molecular complexity index is 1040. The lowest BCUT2D eigenvalue weighted by Crippen LogP contribution is -2.55. The van der Waals surface area contributed by atoms with Gasteiger partial charge in [0.2, 0.25) is 5.95 Å². The standard InChI is InChI=1S/C22H21ClFNO5S/c23-15-4-1-11(22-21(29)20(28)19(27)16(10-26)30-22)7-13(15)8-14-3-5-17(31-14)12-2-6-18(24)25-9-12/h1-7,9,16,19-22,26-29H,8,10H2/t16-,19-,20+,21-,22?/m1/s1. The van der Waals surface area contributed by atoms with Crippen molar-refractivity contribution in [3.63, 3.8) is 0 Å². The molecule has 31 heavy (non-hydrogen) atoms. The van der Waals surface area contributed by atoms with Gasteiger partial charge in [-0.3, -0.25) is 0 Å². The van der Waals surface area contributed by atoms with E-state index in [9.17, 15) is 24.8 Å². The van der Waals surface area contributed by atoms with E-state index in [1.807, 2.05) is 12.1 Å². The lowest BCUT2D eigenvalue weighted by Gasteiger charge is -2.40. The molecule has 1 unspecified atom stereocenters. The second-order valence-corrected chi connectivity index (χ2v) is 8.99. The summed E-state index contributed by atoms with van der Waals surface area (Å²) in [6.07, 6.45) is -4.11. The van der Waals surface area contributed by atoms with Gasteiger partial charge in [-0.15, -0.1) is 11.3 Å². The molecule has 3 heterocycles. The molecular weight excluding hydrogens is 445 g/mol. The van der Waals surface area contributed by atoms with Crippen LogP contribution in [0.25, 0.3) is 10.4 Å². The Morgan fingerprint density at radius 2 is 1.84 bits per heavy atom. The fraction of sp³-hybridized carbons (Fsp3) is 0.318. The number of hydrogen-bond donors (Lipinski definition) is 4. The van der Waals surface area contributed by atoms with Crippen molar-refractivity contribution in [3.8, 4) is 10.4 Å². The molecule has 4 N–H and O–H groups in total. The summed E-state index contributed by atoms with van der Waals surface area (Å²) in [7, 11) is 0. The SMILES string of the molecule is OC[C@H]1OC(c2ccc(Cl)c(Cc3ccc(-c4ccc(F)nc4)s3)c2)[C@H](O)[C@@H](O)[C@@H]1O. The van der Waals surface area contributed by atoms with Crippen LogP contribution in [0.4, 0.5) is 4.39 Å². The van der Waals surface area contributed by atoms with E-state index in [2.05, 4.69) is 4.98 Å². The number of aliphatic hydroxyl groups is 4. The van der Waals surface area contributed by atoms with Crippen LogP contribution in [0.1, 0.15) is 22.1 Å². The van der Waals surface area contributed by atoms with Crippen LogP contribution < -0.4 is 0 Å². The predicted octanol–water partition coefficient (Wildman–Crippen LogP) is 2.71. The van der Waals surface area contributed by atoms with Gasteiger partial charge in [0.1, 0.15) is 30.5 Å². The summed E-state index contributed by atoms with van der Waals surface area (Å²) in [4.78, 5) is 5.65. The van der Waals surface area contributed by atoms with E-state index in [1.165, 1.54) is 23.6 Å². The van der Waals surface area contributed by atoms with Gasteiger partial charge in [-0.2, -0.15) is 4.39 Å². The normalized spacial score (nSPS) is 26.2. The van der Waals surface area contributed by atoms with Gasteiger partial charge < -0.3 is 25.2 Å². The Morgan fingerprint density at radius 1 is 1.03 bits per heavy atom. The summed E-state index contributed by atoms with van der Waals surface area (Å²) >= 11 is 7.92. The van der Waals surface area contributed by atoms with Gasteiger partial charge >= 0.3 is 0 Å². The average molecular weight is 466 g/mol. The Kier molecular flexibility index (Phi) is 6.68. The molecule has 9 heteroatoms. The summed E-state index contributed by atoms with van der Waals surface area (Å²) < 4.78 is 18.7. The Labute approximate surface area is 187 Å². The smallest absolute Gasteiger partial charge is 0.212 e. The third kappa shape index (κ3) is 4.65. The molecule has 3 aromatic rings. The zero-order valence-corrected chi connectivity index (χ0v) is 17.8. The minimum Gasteiger partial charge on any atom is -0.394 e. The summed E-state index contributed by atoms with van der Waals surface area (Å²) in [5.41, 5.74) is 2.19. The van der Waals surface area contributed by atoms with Crippen LogP contribution in [0.15, 0.2) is 48.7 Å². The molecule has 0 amide bonds. The minimum atomic E-state index is -1.45. The Balaban J connectivity index is 1.57. The number of aromatic nitrogens is 1. The molecule has 1 aliphatic rings. The van der Waals surface area contributed by atoms with Crippen molar-refractivity contribution in [2.24, 2.45) is 0 Å². The number of thiophene rings is 1. The van der Waals surface area contributed by atoms with Crippen LogP contribution in [-0.4, -0.2) is 56.4 Å². The van der Waals surface area contributed by atoms with E-state index in [-0.39, 0.29) is 0 Å². The van der Waals surface area contributed by atoms with Crippen molar-refractivity contribution in [2.75, 3.05) is 6.61 Å². The van der Waals surface area contributed by atoms with Gasteiger partial charge in [0.05, 0.1) is 6.61 Å². The van der Waals surface area contributed by atoms with Crippen LogP contribution in [0.3, 0.4) is 0 Å². The number of rotatable bonds is 5. The van der Waals surface area contributed by atoms with Crippen molar-refractivity contribution in [3.05, 3.63) is 75.6 Å². The van der Waals surface area contributed by atoms with E-state index >= 15 is 0 Å².